The first kappa shape index (κ1) is 16.8. The first-order chi connectivity index (χ1) is 10.0. The fraction of sp³-hybridized carbons (Fsp3) is 0.824. The first-order valence-electron chi connectivity index (χ1n) is 8.49. The van der Waals surface area contributed by atoms with E-state index in [1.807, 2.05) is 11.3 Å². The third-order valence-electron chi connectivity index (χ3n) is 4.41. The molecule has 1 aromatic heterocycles. The summed E-state index contributed by atoms with van der Waals surface area (Å²) in [6, 6.07) is 0.575. The van der Waals surface area contributed by atoms with Crippen LogP contribution in [0, 0.1) is 5.92 Å². The predicted octanol–water partition coefficient (Wildman–Crippen LogP) is 4.39. The number of aromatic nitrogens is 1. The van der Waals surface area contributed by atoms with Crippen molar-refractivity contribution >= 4 is 16.5 Å². The summed E-state index contributed by atoms with van der Waals surface area (Å²) in [5, 5.41) is 4.86. The number of piperidine rings is 1. The minimum atomic E-state index is 0.506. The van der Waals surface area contributed by atoms with Gasteiger partial charge in [-0.1, -0.05) is 27.7 Å². The number of nitrogens with zero attached hydrogens (tertiary/aromatic N) is 2. The Morgan fingerprint density at radius 1 is 1.38 bits per heavy atom. The third kappa shape index (κ3) is 4.43. The molecule has 0 aromatic carbocycles. The largest absolute Gasteiger partial charge is 0.348 e. The van der Waals surface area contributed by atoms with Gasteiger partial charge in [0.15, 0.2) is 5.13 Å². The summed E-state index contributed by atoms with van der Waals surface area (Å²) in [6.07, 6.45) is 3.84. The second-order valence-corrected chi connectivity index (χ2v) is 7.91. The Kier molecular flexibility index (Phi) is 6.06. The lowest BCUT2D eigenvalue weighted by Gasteiger charge is -2.30. The highest BCUT2D eigenvalue weighted by atomic mass is 32.1. The summed E-state index contributed by atoms with van der Waals surface area (Å²) in [7, 11) is 0. The maximum Gasteiger partial charge on any atom is 0.185 e. The molecule has 0 saturated carbocycles. The van der Waals surface area contributed by atoms with E-state index in [1.165, 1.54) is 48.1 Å². The molecule has 2 heterocycles. The summed E-state index contributed by atoms with van der Waals surface area (Å²) in [5.74, 6) is 1.30. The Hall–Kier alpha value is -0.610. The number of hydrogen-bond donors (Lipinski definition) is 1. The summed E-state index contributed by atoms with van der Waals surface area (Å²) in [6.45, 7) is 14.7. The van der Waals surface area contributed by atoms with Crippen LogP contribution in [0.4, 0.5) is 5.13 Å². The second kappa shape index (κ2) is 7.59. The SMILES string of the molecule is CCC(C)NCc1sc(N2CCCC(C)C2)nc1C(C)C. The minimum Gasteiger partial charge on any atom is -0.348 e. The van der Waals surface area contributed by atoms with Crippen molar-refractivity contribution in [3.05, 3.63) is 10.6 Å². The van der Waals surface area contributed by atoms with Crippen molar-refractivity contribution in [2.75, 3.05) is 18.0 Å². The lowest BCUT2D eigenvalue weighted by atomic mass is 10.0. The molecule has 2 rings (SSSR count). The molecule has 2 atom stereocenters. The van der Waals surface area contributed by atoms with Gasteiger partial charge in [-0.2, -0.15) is 0 Å². The van der Waals surface area contributed by atoms with Crippen LogP contribution >= 0.6 is 11.3 Å². The van der Waals surface area contributed by atoms with Crippen LogP contribution in [0.5, 0.6) is 0 Å². The van der Waals surface area contributed by atoms with Crippen LogP contribution in [0.2, 0.25) is 0 Å². The van der Waals surface area contributed by atoms with E-state index >= 15 is 0 Å². The van der Waals surface area contributed by atoms with E-state index < -0.39 is 0 Å². The molecule has 21 heavy (non-hydrogen) atoms. The van der Waals surface area contributed by atoms with Crippen molar-refractivity contribution in [3.8, 4) is 0 Å². The molecule has 0 bridgehead atoms. The number of rotatable bonds is 6. The number of hydrogen-bond acceptors (Lipinski definition) is 4. The van der Waals surface area contributed by atoms with Gasteiger partial charge < -0.3 is 10.2 Å². The third-order valence-corrected chi connectivity index (χ3v) is 5.55. The van der Waals surface area contributed by atoms with Crippen molar-refractivity contribution in [3.63, 3.8) is 0 Å². The summed E-state index contributed by atoms with van der Waals surface area (Å²) < 4.78 is 0. The average Bonchev–Trinajstić information content (AvgIpc) is 2.89. The molecule has 0 radical (unpaired) electrons. The van der Waals surface area contributed by atoms with Crippen molar-refractivity contribution < 1.29 is 0 Å². The van der Waals surface area contributed by atoms with Crippen LogP contribution in [-0.2, 0) is 6.54 Å². The van der Waals surface area contributed by atoms with Crippen molar-refractivity contribution in [1.82, 2.24) is 10.3 Å². The van der Waals surface area contributed by atoms with Crippen molar-refractivity contribution in [2.45, 2.75) is 72.4 Å². The topological polar surface area (TPSA) is 28.2 Å². The Balaban J connectivity index is 2.12. The molecule has 0 amide bonds. The molecule has 1 aromatic rings. The maximum atomic E-state index is 4.98. The van der Waals surface area contributed by atoms with Crippen LogP contribution < -0.4 is 10.2 Å². The fourth-order valence-corrected chi connectivity index (χ4v) is 4.04. The summed E-state index contributed by atoms with van der Waals surface area (Å²) in [5.41, 5.74) is 1.30. The molecular formula is C17H31N3S. The lowest BCUT2D eigenvalue weighted by Crippen LogP contribution is -2.34. The molecule has 1 fully saturated rings. The van der Waals surface area contributed by atoms with Gasteiger partial charge in [0.25, 0.3) is 0 Å². The van der Waals surface area contributed by atoms with E-state index in [0.29, 0.717) is 12.0 Å². The molecule has 1 N–H and O–H groups in total. The average molecular weight is 310 g/mol. The second-order valence-electron chi connectivity index (χ2n) is 6.84. The van der Waals surface area contributed by atoms with Gasteiger partial charge in [-0.15, -0.1) is 11.3 Å². The molecule has 2 unspecified atom stereocenters. The van der Waals surface area contributed by atoms with E-state index in [9.17, 15) is 0 Å². The van der Waals surface area contributed by atoms with Crippen LogP contribution in [0.1, 0.15) is 70.4 Å². The quantitative estimate of drug-likeness (QED) is 0.844. The monoisotopic (exact) mass is 309 g/mol. The molecule has 0 spiro atoms. The zero-order valence-corrected chi connectivity index (χ0v) is 15.1. The summed E-state index contributed by atoms with van der Waals surface area (Å²) in [4.78, 5) is 8.90. The van der Waals surface area contributed by atoms with Crippen LogP contribution in [0.3, 0.4) is 0 Å². The standard InChI is InChI=1S/C17H31N3S/c1-6-14(5)18-10-15-16(12(2)3)19-17(21-15)20-9-7-8-13(4)11-20/h12-14,18H,6-11H2,1-5H3. The van der Waals surface area contributed by atoms with E-state index in [1.54, 1.807) is 0 Å². The molecular weight excluding hydrogens is 278 g/mol. The van der Waals surface area contributed by atoms with Crippen LogP contribution in [-0.4, -0.2) is 24.1 Å². The van der Waals surface area contributed by atoms with Gasteiger partial charge in [0.2, 0.25) is 0 Å². The Morgan fingerprint density at radius 2 is 2.14 bits per heavy atom. The number of anilines is 1. The zero-order valence-electron chi connectivity index (χ0n) is 14.3. The molecule has 1 saturated heterocycles. The highest BCUT2D eigenvalue weighted by Crippen LogP contribution is 2.33. The van der Waals surface area contributed by atoms with Gasteiger partial charge in [0, 0.05) is 30.6 Å². The normalized spacial score (nSPS) is 21.0. The van der Waals surface area contributed by atoms with E-state index in [4.69, 9.17) is 4.98 Å². The van der Waals surface area contributed by atoms with Gasteiger partial charge in [-0.25, -0.2) is 4.98 Å². The van der Waals surface area contributed by atoms with Crippen molar-refractivity contribution in [1.29, 1.82) is 0 Å². The molecule has 0 aliphatic carbocycles. The molecule has 3 nitrogen and oxygen atoms in total. The zero-order chi connectivity index (χ0) is 15.4. The molecule has 120 valence electrons. The Labute approximate surface area is 134 Å². The summed E-state index contributed by atoms with van der Waals surface area (Å²) >= 11 is 1.90. The molecule has 4 heteroatoms. The number of thiazole rings is 1. The lowest BCUT2D eigenvalue weighted by molar-refractivity contribution is 0.446. The van der Waals surface area contributed by atoms with Crippen LogP contribution in [0.25, 0.3) is 0 Å². The van der Waals surface area contributed by atoms with E-state index in [-0.39, 0.29) is 0 Å². The van der Waals surface area contributed by atoms with E-state index in [2.05, 4.69) is 44.8 Å². The first-order valence-corrected chi connectivity index (χ1v) is 9.30. The van der Waals surface area contributed by atoms with Crippen molar-refractivity contribution in [2.24, 2.45) is 5.92 Å². The highest BCUT2D eigenvalue weighted by molar-refractivity contribution is 7.15. The minimum absolute atomic E-state index is 0.506. The molecule has 1 aliphatic rings. The van der Waals surface area contributed by atoms with E-state index in [0.717, 1.165) is 12.5 Å². The smallest absolute Gasteiger partial charge is 0.185 e. The van der Waals surface area contributed by atoms with Gasteiger partial charge in [0.05, 0.1) is 5.69 Å². The Bertz CT molecular complexity index is 441. The fourth-order valence-electron chi connectivity index (χ4n) is 2.84. The van der Waals surface area contributed by atoms with Gasteiger partial charge in [-0.3, -0.25) is 0 Å². The van der Waals surface area contributed by atoms with Gasteiger partial charge in [0.1, 0.15) is 0 Å². The van der Waals surface area contributed by atoms with Crippen LogP contribution in [0.15, 0.2) is 0 Å². The molecule has 1 aliphatic heterocycles. The maximum absolute atomic E-state index is 4.98. The van der Waals surface area contributed by atoms with Gasteiger partial charge >= 0.3 is 0 Å². The Morgan fingerprint density at radius 3 is 2.76 bits per heavy atom. The number of nitrogens with one attached hydrogen (secondary N) is 1. The van der Waals surface area contributed by atoms with Gasteiger partial charge in [-0.05, 0) is 38.0 Å². The predicted molar refractivity (Wildman–Crippen MR) is 93.4 cm³/mol. The highest BCUT2D eigenvalue weighted by Gasteiger charge is 2.22.